The van der Waals surface area contributed by atoms with Crippen molar-refractivity contribution in [2.24, 2.45) is 5.41 Å². The van der Waals surface area contributed by atoms with Crippen LogP contribution in [0.5, 0.6) is 0 Å². The predicted molar refractivity (Wildman–Crippen MR) is 109 cm³/mol. The molecule has 1 saturated heterocycles. The molecule has 2 atom stereocenters. The Morgan fingerprint density at radius 3 is 2.41 bits per heavy atom. The number of likely N-dealkylation sites (tertiary alicyclic amines) is 1. The van der Waals surface area contributed by atoms with Crippen molar-refractivity contribution in [2.75, 3.05) is 11.9 Å². The Morgan fingerprint density at radius 2 is 1.90 bits per heavy atom. The van der Waals surface area contributed by atoms with Gasteiger partial charge in [-0.3, -0.25) is 14.4 Å². The summed E-state index contributed by atoms with van der Waals surface area (Å²) in [6.45, 7) is 7.08. The molecule has 29 heavy (non-hydrogen) atoms. The fourth-order valence-electron chi connectivity index (χ4n) is 3.29. The van der Waals surface area contributed by atoms with Crippen molar-refractivity contribution < 1.29 is 24.3 Å². The van der Waals surface area contributed by atoms with Crippen molar-refractivity contribution in [1.29, 1.82) is 0 Å². The molecular formula is C20H26ClN3O5. The molecule has 0 saturated carbocycles. The molecule has 0 unspecified atom stereocenters. The third-order valence-corrected chi connectivity index (χ3v) is 5.06. The van der Waals surface area contributed by atoms with Crippen molar-refractivity contribution in [1.82, 2.24) is 10.2 Å². The largest absolute Gasteiger partial charge is 0.480 e. The lowest BCUT2D eigenvalue weighted by Gasteiger charge is -2.35. The average Bonchev–Trinajstić information content (AvgIpc) is 3.07. The van der Waals surface area contributed by atoms with Crippen molar-refractivity contribution in [3.8, 4) is 0 Å². The van der Waals surface area contributed by atoms with E-state index in [-0.39, 0.29) is 16.5 Å². The first-order chi connectivity index (χ1) is 13.4. The van der Waals surface area contributed by atoms with Crippen LogP contribution in [0.3, 0.4) is 0 Å². The van der Waals surface area contributed by atoms with Crippen LogP contribution in [0.25, 0.3) is 0 Å². The van der Waals surface area contributed by atoms with Crippen LogP contribution in [-0.2, 0) is 14.4 Å². The molecule has 1 heterocycles. The second-order valence-electron chi connectivity index (χ2n) is 8.18. The number of carboxylic acids is 1. The highest BCUT2D eigenvalue weighted by Crippen LogP contribution is 2.27. The summed E-state index contributed by atoms with van der Waals surface area (Å²) in [4.78, 5) is 49.9. The predicted octanol–water partition coefficient (Wildman–Crippen LogP) is 2.52. The van der Waals surface area contributed by atoms with Gasteiger partial charge in [0.05, 0.1) is 10.6 Å². The molecule has 0 aromatic heterocycles. The van der Waals surface area contributed by atoms with E-state index >= 15 is 0 Å². The standard InChI is InChI=1S/C20H26ClN3O5/c1-11(25)22-12-7-8-13(14(21)10-12)17(26)23-16(20(2,3)4)18(27)24-9-5-6-15(24)19(28)29/h7-8,10,15-16H,5-6,9H2,1-4H3,(H,22,25)(H,23,26)(H,28,29)/t15-,16+/m0/s1. The van der Waals surface area contributed by atoms with Crippen LogP contribution in [0.15, 0.2) is 18.2 Å². The van der Waals surface area contributed by atoms with E-state index in [1.165, 1.54) is 30.0 Å². The molecule has 158 valence electrons. The Kier molecular flexibility index (Phi) is 6.89. The van der Waals surface area contributed by atoms with Crippen molar-refractivity contribution in [2.45, 2.75) is 52.6 Å². The average molecular weight is 424 g/mol. The highest BCUT2D eigenvalue weighted by molar-refractivity contribution is 6.34. The minimum atomic E-state index is -1.05. The van der Waals surface area contributed by atoms with Gasteiger partial charge in [-0.2, -0.15) is 0 Å². The van der Waals surface area contributed by atoms with E-state index in [2.05, 4.69) is 10.6 Å². The third-order valence-electron chi connectivity index (χ3n) is 4.74. The molecular weight excluding hydrogens is 398 g/mol. The number of amides is 3. The second-order valence-corrected chi connectivity index (χ2v) is 8.58. The van der Waals surface area contributed by atoms with Crippen LogP contribution < -0.4 is 10.6 Å². The zero-order valence-electron chi connectivity index (χ0n) is 16.9. The number of carbonyl (C=O) groups excluding carboxylic acids is 3. The lowest BCUT2D eigenvalue weighted by atomic mass is 9.85. The maximum Gasteiger partial charge on any atom is 0.326 e. The summed E-state index contributed by atoms with van der Waals surface area (Å²) in [5.41, 5.74) is -0.0519. The summed E-state index contributed by atoms with van der Waals surface area (Å²) >= 11 is 6.19. The first-order valence-electron chi connectivity index (χ1n) is 9.33. The van der Waals surface area contributed by atoms with Gasteiger partial charge in [0.2, 0.25) is 11.8 Å². The zero-order valence-corrected chi connectivity index (χ0v) is 17.7. The van der Waals surface area contributed by atoms with Gasteiger partial charge in [0.15, 0.2) is 0 Å². The van der Waals surface area contributed by atoms with E-state index in [9.17, 15) is 24.3 Å². The lowest BCUT2D eigenvalue weighted by molar-refractivity contribution is -0.150. The Bertz CT molecular complexity index is 834. The zero-order chi connectivity index (χ0) is 21.9. The van der Waals surface area contributed by atoms with Gasteiger partial charge in [0.25, 0.3) is 5.91 Å². The molecule has 8 nitrogen and oxygen atoms in total. The molecule has 0 bridgehead atoms. The van der Waals surface area contributed by atoms with Gasteiger partial charge in [0, 0.05) is 19.2 Å². The third kappa shape index (κ3) is 5.47. The number of halogens is 1. The van der Waals surface area contributed by atoms with Crippen LogP contribution in [0.2, 0.25) is 5.02 Å². The van der Waals surface area contributed by atoms with E-state index < -0.39 is 35.3 Å². The number of aliphatic carboxylic acids is 1. The van der Waals surface area contributed by atoms with Gasteiger partial charge in [-0.1, -0.05) is 32.4 Å². The summed E-state index contributed by atoms with van der Waals surface area (Å²) < 4.78 is 0. The molecule has 0 spiro atoms. The molecule has 3 amide bonds. The minimum Gasteiger partial charge on any atom is -0.480 e. The van der Waals surface area contributed by atoms with Gasteiger partial charge >= 0.3 is 5.97 Å². The van der Waals surface area contributed by atoms with Crippen molar-refractivity contribution in [3.63, 3.8) is 0 Å². The molecule has 2 rings (SSSR count). The summed E-state index contributed by atoms with van der Waals surface area (Å²) in [5, 5.41) is 14.8. The molecule has 0 radical (unpaired) electrons. The van der Waals surface area contributed by atoms with Gasteiger partial charge in [-0.05, 0) is 36.5 Å². The summed E-state index contributed by atoms with van der Waals surface area (Å²) in [5.74, 6) is -2.30. The number of hydrogen-bond acceptors (Lipinski definition) is 4. The fraction of sp³-hybridized carbons (Fsp3) is 0.500. The van der Waals surface area contributed by atoms with Crippen LogP contribution in [0, 0.1) is 5.41 Å². The monoisotopic (exact) mass is 423 g/mol. The molecule has 1 fully saturated rings. The van der Waals surface area contributed by atoms with E-state index in [1.54, 1.807) is 20.8 Å². The molecule has 0 aliphatic carbocycles. The first kappa shape index (κ1) is 22.7. The van der Waals surface area contributed by atoms with E-state index in [0.717, 1.165) is 0 Å². The quantitative estimate of drug-likeness (QED) is 0.672. The number of anilines is 1. The van der Waals surface area contributed by atoms with Crippen molar-refractivity contribution in [3.05, 3.63) is 28.8 Å². The lowest BCUT2D eigenvalue weighted by Crippen LogP contribution is -2.56. The maximum absolute atomic E-state index is 13.1. The number of nitrogens with zero attached hydrogens (tertiary/aromatic N) is 1. The summed E-state index contributed by atoms with van der Waals surface area (Å²) in [7, 11) is 0. The molecule has 1 aromatic rings. The number of carboxylic acid groups (broad SMARTS) is 1. The molecule has 9 heteroatoms. The Morgan fingerprint density at radius 1 is 1.24 bits per heavy atom. The van der Waals surface area contributed by atoms with Gasteiger partial charge in [-0.15, -0.1) is 0 Å². The highest BCUT2D eigenvalue weighted by atomic mass is 35.5. The normalized spacial score (nSPS) is 17.6. The Balaban J connectivity index is 2.24. The van der Waals surface area contributed by atoms with E-state index in [0.29, 0.717) is 25.1 Å². The number of nitrogens with one attached hydrogen (secondary N) is 2. The molecule has 3 N–H and O–H groups in total. The van der Waals surface area contributed by atoms with Crippen LogP contribution in [0.1, 0.15) is 50.9 Å². The van der Waals surface area contributed by atoms with Crippen LogP contribution >= 0.6 is 11.6 Å². The Labute approximate surface area is 174 Å². The number of hydrogen-bond donors (Lipinski definition) is 3. The van der Waals surface area contributed by atoms with Crippen LogP contribution in [0.4, 0.5) is 5.69 Å². The summed E-state index contributed by atoms with van der Waals surface area (Å²) in [6, 6.07) is 2.64. The topological polar surface area (TPSA) is 116 Å². The maximum atomic E-state index is 13.1. The first-order valence-corrected chi connectivity index (χ1v) is 9.71. The smallest absolute Gasteiger partial charge is 0.326 e. The van der Waals surface area contributed by atoms with Crippen LogP contribution in [-0.4, -0.2) is 52.3 Å². The molecule has 1 aliphatic rings. The number of benzene rings is 1. The fourth-order valence-corrected chi connectivity index (χ4v) is 3.56. The molecule has 1 aliphatic heterocycles. The second kappa shape index (κ2) is 8.82. The Hall–Kier alpha value is -2.61. The minimum absolute atomic E-state index is 0.124. The van der Waals surface area contributed by atoms with Crippen molar-refractivity contribution >= 4 is 41.0 Å². The number of carbonyl (C=O) groups is 4. The van der Waals surface area contributed by atoms with E-state index in [4.69, 9.17) is 11.6 Å². The van der Waals surface area contributed by atoms with Gasteiger partial charge in [0.1, 0.15) is 12.1 Å². The SMILES string of the molecule is CC(=O)Nc1ccc(C(=O)N[C@H](C(=O)N2CCC[C@H]2C(=O)O)C(C)(C)C)c(Cl)c1. The number of rotatable bonds is 5. The highest BCUT2D eigenvalue weighted by Gasteiger charge is 2.42. The summed E-state index contributed by atoms with van der Waals surface area (Å²) in [6.07, 6.45) is 0.992. The van der Waals surface area contributed by atoms with Gasteiger partial charge < -0.3 is 20.6 Å². The van der Waals surface area contributed by atoms with E-state index in [1.807, 2.05) is 0 Å². The molecule has 1 aromatic carbocycles. The van der Waals surface area contributed by atoms with Gasteiger partial charge in [-0.25, -0.2) is 4.79 Å².